The summed E-state index contributed by atoms with van der Waals surface area (Å²) >= 11 is 0. The van der Waals surface area contributed by atoms with Gasteiger partial charge in [-0.05, 0) is 55.0 Å². The molecule has 0 aliphatic carbocycles. The normalized spacial score (nSPS) is 10.7. The minimum absolute atomic E-state index is 0.184. The van der Waals surface area contributed by atoms with E-state index in [1.165, 1.54) is 0 Å². The summed E-state index contributed by atoms with van der Waals surface area (Å²) < 4.78 is 31.8. The van der Waals surface area contributed by atoms with Crippen molar-refractivity contribution in [1.82, 2.24) is 0 Å². The molecule has 0 N–H and O–H groups in total. The third kappa shape index (κ3) is 12.8. The van der Waals surface area contributed by atoms with E-state index >= 15 is 0 Å². The Morgan fingerprint density at radius 2 is 1.29 bits per heavy atom. The molecule has 0 heterocycles. The third-order valence-electron chi connectivity index (χ3n) is 4.75. The maximum atomic E-state index is 11.0. The molecule has 0 fully saturated rings. The fourth-order valence-electron chi connectivity index (χ4n) is 2.83. The molecule has 0 bridgehead atoms. The highest BCUT2D eigenvalue weighted by atomic mass is 16.6. The van der Waals surface area contributed by atoms with Gasteiger partial charge in [0, 0.05) is 18.6 Å². The lowest BCUT2D eigenvalue weighted by Crippen LogP contribution is -2.13. The number of carbonyl (C=O) groups excluding carboxylic acids is 2. The van der Waals surface area contributed by atoms with E-state index in [4.69, 9.17) is 28.4 Å². The Morgan fingerprint density at radius 3 is 1.95 bits per heavy atom. The van der Waals surface area contributed by atoms with Gasteiger partial charge in [0.2, 0.25) is 0 Å². The Kier molecular flexibility index (Phi) is 14.5. The van der Waals surface area contributed by atoms with Crippen LogP contribution in [0.25, 0.3) is 0 Å². The zero-order chi connectivity index (χ0) is 27.4. The van der Waals surface area contributed by atoms with Crippen molar-refractivity contribution >= 4 is 23.3 Å². The molecule has 38 heavy (non-hydrogen) atoms. The summed E-state index contributed by atoms with van der Waals surface area (Å²) in [5.41, 5.74) is 2.35. The van der Waals surface area contributed by atoms with Gasteiger partial charge >= 0.3 is 11.9 Å². The molecule has 2 aromatic carbocycles. The molecule has 0 aliphatic rings. The molecule has 204 valence electrons. The quantitative estimate of drug-likeness (QED) is 0.108. The van der Waals surface area contributed by atoms with Gasteiger partial charge in [0.05, 0.1) is 51.0 Å². The first-order valence-electron chi connectivity index (χ1n) is 12.1. The van der Waals surface area contributed by atoms with Crippen molar-refractivity contribution in [2.45, 2.75) is 13.3 Å². The molecule has 10 heteroatoms. The molecule has 10 nitrogen and oxygen atoms in total. The van der Waals surface area contributed by atoms with Crippen LogP contribution < -0.4 is 9.47 Å². The molecule has 2 rings (SSSR count). The fourth-order valence-corrected chi connectivity index (χ4v) is 2.83. The topological polar surface area (TPSA) is 114 Å². The van der Waals surface area contributed by atoms with E-state index in [-0.39, 0.29) is 13.2 Å². The summed E-state index contributed by atoms with van der Waals surface area (Å²) in [4.78, 5) is 21.9. The van der Waals surface area contributed by atoms with Gasteiger partial charge in [-0.2, -0.15) is 10.2 Å². The molecule has 0 amide bonds. The van der Waals surface area contributed by atoms with Gasteiger partial charge in [0.1, 0.15) is 24.7 Å². The van der Waals surface area contributed by atoms with E-state index in [9.17, 15) is 9.59 Å². The third-order valence-corrected chi connectivity index (χ3v) is 4.75. The Hall–Kier alpha value is -4.02. The zero-order valence-electron chi connectivity index (χ0n) is 21.6. The van der Waals surface area contributed by atoms with Crippen LogP contribution in [0, 0.1) is 6.92 Å². The molecular weight excluding hydrogens is 492 g/mol. The molecule has 0 radical (unpaired) electrons. The van der Waals surface area contributed by atoms with Crippen LogP contribution in [-0.2, 0) is 28.5 Å². The monoisotopic (exact) mass is 526 g/mol. The predicted molar refractivity (Wildman–Crippen MR) is 141 cm³/mol. The highest BCUT2D eigenvalue weighted by Gasteiger charge is 2.02. The number of aryl methyl sites for hydroxylation is 1. The first-order valence-corrected chi connectivity index (χ1v) is 12.1. The van der Waals surface area contributed by atoms with E-state index < -0.39 is 11.9 Å². The van der Waals surface area contributed by atoms with Gasteiger partial charge in [-0.25, -0.2) is 9.59 Å². The zero-order valence-corrected chi connectivity index (χ0v) is 21.6. The lowest BCUT2D eigenvalue weighted by molar-refractivity contribution is -0.139. The average Bonchev–Trinajstić information content (AvgIpc) is 2.93. The molecule has 0 aromatic heterocycles. The first kappa shape index (κ1) is 30.2. The van der Waals surface area contributed by atoms with Crippen LogP contribution >= 0.6 is 0 Å². The van der Waals surface area contributed by atoms with Crippen molar-refractivity contribution in [1.29, 1.82) is 0 Å². The van der Waals surface area contributed by atoms with Crippen molar-refractivity contribution in [2.24, 2.45) is 10.2 Å². The summed E-state index contributed by atoms with van der Waals surface area (Å²) in [6, 6.07) is 12.8. The van der Waals surface area contributed by atoms with Crippen LogP contribution in [0.1, 0.15) is 12.0 Å². The van der Waals surface area contributed by atoms with Crippen LogP contribution in [0.15, 0.2) is 78.0 Å². The predicted octanol–water partition coefficient (Wildman–Crippen LogP) is 5.05. The SMILES string of the molecule is C=CC(=O)OCCCOc1ccc(N=Nc2ccc(OCCOCCOCCOC(=O)C=C)cc2)c(C)c1. The van der Waals surface area contributed by atoms with Crippen LogP contribution in [0.5, 0.6) is 11.5 Å². The molecule has 0 aliphatic heterocycles. The Balaban J connectivity index is 1.62. The second-order valence-electron chi connectivity index (χ2n) is 7.66. The van der Waals surface area contributed by atoms with Crippen LogP contribution in [0.2, 0.25) is 0 Å². The van der Waals surface area contributed by atoms with Crippen LogP contribution in [0.4, 0.5) is 11.4 Å². The number of nitrogens with zero attached hydrogens (tertiary/aromatic N) is 2. The fraction of sp³-hybridized carbons (Fsp3) is 0.357. The number of carbonyl (C=O) groups is 2. The minimum atomic E-state index is -0.468. The summed E-state index contributed by atoms with van der Waals surface area (Å²) in [5, 5.41) is 8.61. The van der Waals surface area contributed by atoms with E-state index in [1.807, 2.05) is 49.4 Å². The van der Waals surface area contributed by atoms with E-state index in [1.54, 1.807) is 0 Å². The molecule has 0 saturated heterocycles. The van der Waals surface area contributed by atoms with Gasteiger partial charge in [-0.1, -0.05) is 13.2 Å². The highest BCUT2D eigenvalue weighted by Crippen LogP contribution is 2.26. The lowest BCUT2D eigenvalue weighted by atomic mass is 10.2. The van der Waals surface area contributed by atoms with E-state index in [2.05, 4.69) is 23.4 Å². The summed E-state index contributed by atoms with van der Waals surface area (Å²) in [5.74, 6) is 0.500. The first-order chi connectivity index (χ1) is 18.5. The number of azo groups is 1. The second-order valence-corrected chi connectivity index (χ2v) is 7.66. The van der Waals surface area contributed by atoms with Gasteiger partial charge in [-0.3, -0.25) is 0 Å². The van der Waals surface area contributed by atoms with E-state index in [0.29, 0.717) is 63.2 Å². The van der Waals surface area contributed by atoms with Gasteiger partial charge in [-0.15, -0.1) is 0 Å². The van der Waals surface area contributed by atoms with Crippen molar-refractivity contribution in [3.63, 3.8) is 0 Å². The average molecular weight is 527 g/mol. The Bertz CT molecular complexity index is 1050. The molecular formula is C28H34N2O8. The van der Waals surface area contributed by atoms with Crippen molar-refractivity contribution in [2.75, 3.05) is 52.9 Å². The molecule has 0 unspecified atom stereocenters. The standard InChI is InChI=1S/C28H34N2O8/c1-4-27(31)37-14-6-13-35-25-11-12-26(22(3)21-25)30-29-23-7-9-24(10-8-23)36-19-17-33-15-16-34-18-20-38-28(32)5-2/h4-5,7-12,21H,1-2,6,13-20H2,3H3. The Morgan fingerprint density at radius 1 is 0.711 bits per heavy atom. The number of hydrogen-bond acceptors (Lipinski definition) is 10. The van der Waals surface area contributed by atoms with Crippen LogP contribution in [0.3, 0.4) is 0 Å². The molecule has 2 aromatic rings. The van der Waals surface area contributed by atoms with Crippen LogP contribution in [-0.4, -0.2) is 64.8 Å². The van der Waals surface area contributed by atoms with Gasteiger partial charge in [0.25, 0.3) is 0 Å². The number of rotatable bonds is 19. The Labute approximate surface area is 222 Å². The van der Waals surface area contributed by atoms with Gasteiger partial charge < -0.3 is 28.4 Å². The van der Waals surface area contributed by atoms with E-state index in [0.717, 1.165) is 23.4 Å². The molecule has 0 atom stereocenters. The number of esters is 2. The second kappa shape index (κ2) is 18.3. The number of ether oxygens (including phenoxy) is 6. The lowest BCUT2D eigenvalue weighted by Gasteiger charge is -2.08. The van der Waals surface area contributed by atoms with Crippen molar-refractivity contribution < 1.29 is 38.0 Å². The summed E-state index contributed by atoms with van der Waals surface area (Å²) in [6.45, 7) is 11.4. The van der Waals surface area contributed by atoms with Gasteiger partial charge in [0.15, 0.2) is 0 Å². The maximum absolute atomic E-state index is 11.0. The number of hydrogen-bond donors (Lipinski definition) is 0. The highest BCUT2D eigenvalue weighted by molar-refractivity contribution is 5.81. The largest absolute Gasteiger partial charge is 0.493 e. The molecule has 0 spiro atoms. The summed E-state index contributed by atoms with van der Waals surface area (Å²) in [6.07, 6.45) is 2.83. The summed E-state index contributed by atoms with van der Waals surface area (Å²) in [7, 11) is 0. The van der Waals surface area contributed by atoms with Crippen molar-refractivity contribution in [3.05, 3.63) is 73.3 Å². The minimum Gasteiger partial charge on any atom is -0.493 e. The molecule has 0 saturated carbocycles. The number of benzene rings is 2. The smallest absolute Gasteiger partial charge is 0.330 e. The maximum Gasteiger partial charge on any atom is 0.330 e. The van der Waals surface area contributed by atoms with Crippen molar-refractivity contribution in [3.8, 4) is 11.5 Å².